The first-order valence-corrected chi connectivity index (χ1v) is 12.8. The van der Waals surface area contributed by atoms with Gasteiger partial charge in [-0.05, 0) is 35.4 Å². The predicted molar refractivity (Wildman–Crippen MR) is 115 cm³/mol. The van der Waals surface area contributed by atoms with Gasteiger partial charge in [0, 0.05) is 6.54 Å². The number of primary sulfonamides is 1. The Kier molecular flexibility index (Phi) is 11.1. The van der Waals surface area contributed by atoms with E-state index in [1.54, 1.807) is 12.1 Å². The first-order chi connectivity index (χ1) is 13.7. The summed E-state index contributed by atoms with van der Waals surface area (Å²) in [6.45, 7) is 3.95. The molecule has 0 aromatic heterocycles. The smallest absolute Gasteiger partial charge is 0.238 e. The Balaban J connectivity index is 0.000000749. The van der Waals surface area contributed by atoms with Crippen molar-refractivity contribution in [2.24, 2.45) is 16.7 Å². The summed E-state index contributed by atoms with van der Waals surface area (Å²) in [7, 11) is -3.75. The van der Waals surface area contributed by atoms with Crippen molar-refractivity contribution < 1.29 is 12.8 Å². The van der Waals surface area contributed by atoms with Crippen molar-refractivity contribution in [1.29, 1.82) is 0 Å². The van der Waals surface area contributed by atoms with E-state index in [1.807, 2.05) is 6.08 Å². The number of benzene rings is 2. The fraction of sp³-hybridized carbons (Fsp3) is 0.158. The molecule has 0 aliphatic carbocycles. The number of hydrazine groups is 2. The van der Waals surface area contributed by atoms with Crippen molar-refractivity contribution in [2.45, 2.75) is 21.8 Å². The number of nitrogens with one attached hydrogen (secondary N) is 1. The molecule has 7 nitrogen and oxygen atoms in total. The van der Waals surface area contributed by atoms with E-state index >= 15 is 0 Å². The van der Waals surface area contributed by atoms with Gasteiger partial charge in [-0.3, -0.25) is 0 Å². The fourth-order valence-corrected chi connectivity index (χ4v) is 3.30. The molecule has 10 heteroatoms. The Bertz CT molecular complexity index is 903. The second kappa shape index (κ2) is 12.7. The second-order valence-electron chi connectivity index (χ2n) is 5.85. The summed E-state index contributed by atoms with van der Waals surface area (Å²) in [6, 6.07) is 11.8. The molecule has 0 bridgehead atoms. The van der Waals surface area contributed by atoms with Gasteiger partial charge in [-0.2, -0.15) is 0 Å². The minimum Gasteiger partial charge on any atom is -0.397 e. The van der Waals surface area contributed by atoms with Crippen LogP contribution in [-0.4, -0.2) is 39.3 Å². The molecule has 0 aliphatic heterocycles. The molecule has 0 amide bonds. The van der Waals surface area contributed by atoms with Gasteiger partial charge >= 0.3 is 48.8 Å². The van der Waals surface area contributed by atoms with Crippen LogP contribution in [0.4, 0.5) is 4.39 Å². The molecule has 0 saturated heterocycles. The molecule has 7 N–H and O–H groups in total. The Hall–Kier alpha value is -1.80. The van der Waals surface area contributed by atoms with Crippen molar-refractivity contribution in [3.05, 3.63) is 84.3 Å². The van der Waals surface area contributed by atoms with Gasteiger partial charge in [0.15, 0.2) is 0 Å². The molecule has 2 aromatic rings. The summed E-state index contributed by atoms with van der Waals surface area (Å²) >= 11 is 1.33. The van der Waals surface area contributed by atoms with Crippen LogP contribution in [0, 0.1) is 5.82 Å². The van der Waals surface area contributed by atoms with Gasteiger partial charge in [0.05, 0.1) is 16.8 Å². The molecule has 0 spiro atoms. The van der Waals surface area contributed by atoms with E-state index in [-0.39, 0.29) is 10.7 Å². The average molecular weight is 614 g/mol. The summed E-state index contributed by atoms with van der Waals surface area (Å²) < 4.78 is 36.6. The van der Waals surface area contributed by atoms with Gasteiger partial charge in [-0.25, -0.2) is 34.3 Å². The number of nitrogens with two attached hydrogens (primary N) is 3. The summed E-state index contributed by atoms with van der Waals surface area (Å²) in [6.07, 6.45) is 4.62. The Labute approximate surface area is 187 Å². The number of halogens is 1. The van der Waals surface area contributed by atoms with Gasteiger partial charge < -0.3 is 5.73 Å². The van der Waals surface area contributed by atoms with E-state index in [0.29, 0.717) is 17.8 Å². The first kappa shape index (κ1) is 25.2. The molecule has 0 aliphatic rings. The topological polar surface area (TPSA) is 127 Å². The van der Waals surface area contributed by atoms with E-state index in [0.717, 1.165) is 5.56 Å². The van der Waals surface area contributed by atoms with Crippen molar-refractivity contribution in [3.8, 4) is 0 Å². The molecule has 155 valence electrons. The Morgan fingerprint density at radius 3 is 2.21 bits per heavy atom. The summed E-state index contributed by atoms with van der Waals surface area (Å²) in [5.74, 6) is 5.45. The minimum absolute atomic E-state index is 0.00177. The molecular weight excluding hydrogens is 589 g/mol. The molecule has 0 unspecified atom stereocenters. The van der Waals surface area contributed by atoms with Crippen LogP contribution < -0.4 is 22.1 Å². The average Bonchev–Trinajstić information content (AvgIpc) is 2.68. The monoisotopic (exact) mass is 614 g/mol. The summed E-state index contributed by atoms with van der Waals surface area (Å²) in [5, 5.41) is 6.21. The van der Waals surface area contributed by atoms with Crippen LogP contribution in [0.2, 0.25) is 3.98 Å². The number of allylic oxidation sites excluding steroid dienone is 1. The van der Waals surface area contributed by atoms with Gasteiger partial charge in [0.25, 0.3) is 0 Å². The van der Waals surface area contributed by atoms with Crippen LogP contribution >= 0.6 is 0 Å². The largest absolute Gasteiger partial charge is 0.397 e. The fourth-order valence-electron chi connectivity index (χ4n) is 1.99. The SMILES string of the molecule is C=CC[CH2][Pb].N/C(=C\N(N)NCc1ccc(F)cc1)c1ccc(S(N)(=O)=O)cc1. The summed E-state index contributed by atoms with van der Waals surface area (Å²) in [4.78, 5) is -0.00177. The zero-order valence-electron chi connectivity index (χ0n) is 15.9. The molecule has 29 heavy (non-hydrogen) atoms. The van der Waals surface area contributed by atoms with Crippen molar-refractivity contribution in [3.63, 3.8) is 0 Å². The van der Waals surface area contributed by atoms with E-state index in [1.165, 1.54) is 83.9 Å². The van der Waals surface area contributed by atoms with Crippen LogP contribution in [-0.2, 0) is 16.6 Å². The number of sulfonamides is 1. The van der Waals surface area contributed by atoms with Crippen molar-refractivity contribution >= 4 is 41.5 Å². The Morgan fingerprint density at radius 2 is 1.76 bits per heavy atom. The normalized spacial score (nSPS) is 11.4. The molecular formula is C19H25FN5O2PbS. The van der Waals surface area contributed by atoms with Crippen LogP contribution in [0.15, 0.2) is 72.3 Å². The third kappa shape index (κ3) is 9.99. The molecule has 0 heterocycles. The third-order valence-electron chi connectivity index (χ3n) is 3.52. The quantitative estimate of drug-likeness (QED) is 0.156. The minimum atomic E-state index is -3.75. The van der Waals surface area contributed by atoms with Gasteiger partial charge in [0.1, 0.15) is 5.82 Å². The van der Waals surface area contributed by atoms with Gasteiger partial charge in [0.2, 0.25) is 10.0 Å². The molecule has 0 saturated carbocycles. The van der Waals surface area contributed by atoms with Crippen molar-refractivity contribution in [2.75, 3.05) is 0 Å². The number of rotatable bonds is 8. The molecule has 3 radical (unpaired) electrons. The van der Waals surface area contributed by atoms with E-state index in [2.05, 4.69) is 12.0 Å². The standard InChI is InChI=1S/C15H18FN5O2S.C4H7.Pb/c16-13-5-1-11(2-6-13)9-20-21(18)10-15(17)12-3-7-14(8-4-12)24(19,22)23;1-3-4-2;/h1-8,10,20H,9,17-18H2,(H2,19,22,23);3H,1-2,4H2;/b15-10-;;. The third-order valence-corrected chi connectivity index (χ3v) is 5.57. The molecule has 2 rings (SSSR count). The molecule has 2 aromatic carbocycles. The summed E-state index contributed by atoms with van der Waals surface area (Å²) in [5.41, 5.74) is 10.5. The van der Waals surface area contributed by atoms with Crippen molar-refractivity contribution in [1.82, 2.24) is 10.5 Å². The van der Waals surface area contributed by atoms with Crippen LogP contribution in [0.25, 0.3) is 5.70 Å². The maximum absolute atomic E-state index is 12.8. The van der Waals surface area contributed by atoms with Gasteiger partial charge in [-0.15, -0.1) is 0 Å². The van der Waals surface area contributed by atoms with Gasteiger partial charge in [-0.1, -0.05) is 24.3 Å². The second-order valence-corrected chi connectivity index (χ2v) is 9.35. The predicted octanol–water partition coefficient (Wildman–Crippen LogP) is 1.76. The van der Waals surface area contributed by atoms with E-state index in [9.17, 15) is 12.8 Å². The molecule has 0 fully saturated rings. The molecule has 0 atom stereocenters. The zero-order valence-corrected chi connectivity index (χ0v) is 20.6. The van der Waals surface area contributed by atoms with Crippen LogP contribution in [0.1, 0.15) is 17.5 Å². The number of nitrogens with zero attached hydrogens (tertiary/aromatic N) is 1. The maximum atomic E-state index is 12.8. The van der Waals surface area contributed by atoms with Crippen LogP contribution in [0.3, 0.4) is 0 Å². The number of hydrogen-bond donors (Lipinski definition) is 4. The van der Waals surface area contributed by atoms with E-state index < -0.39 is 10.0 Å². The maximum Gasteiger partial charge on any atom is 0.238 e. The first-order valence-electron chi connectivity index (χ1n) is 8.55. The Morgan fingerprint density at radius 1 is 1.17 bits per heavy atom. The van der Waals surface area contributed by atoms with E-state index in [4.69, 9.17) is 16.7 Å². The number of hydrogen-bond acceptors (Lipinski definition) is 6. The zero-order chi connectivity index (χ0) is 21.9. The van der Waals surface area contributed by atoms with Crippen LogP contribution in [0.5, 0.6) is 0 Å².